The monoisotopic (exact) mass is 160 g/mol. The van der Waals surface area contributed by atoms with Gasteiger partial charge in [0.15, 0.2) is 0 Å². The minimum atomic E-state index is -1.90. The molecule has 0 fully saturated rings. The molecule has 0 rings (SSSR count). The zero-order valence-corrected chi connectivity index (χ0v) is 8.18. The Labute approximate surface area is 64.1 Å². The summed E-state index contributed by atoms with van der Waals surface area (Å²) in [5.41, 5.74) is 2.05. The summed E-state index contributed by atoms with van der Waals surface area (Å²) in [5, 5.41) is 0. The molecule has 0 amide bonds. The van der Waals surface area contributed by atoms with E-state index in [1.165, 1.54) is 0 Å². The van der Waals surface area contributed by atoms with Gasteiger partial charge in [-0.05, 0) is 18.7 Å². The van der Waals surface area contributed by atoms with E-state index in [0.717, 1.165) is 6.42 Å². The summed E-state index contributed by atoms with van der Waals surface area (Å²) in [7, 11) is 1.48. The molecule has 0 heterocycles. The van der Waals surface area contributed by atoms with Gasteiger partial charge in [0.05, 0.1) is 0 Å². The largest absolute Gasteiger partial charge is 0.395 e. The summed E-state index contributed by atoms with van der Waals surface area (Å²) in [6.45, 7) is 4.11. The van der Waals surface area contributed by atoms with Gasteiger partial charge in [-0.15, -0.1) is 0 Å². The van der Waals surface area contributed by atoms with Crippen LogP contribution >= 0.6 is 0 Å². The van der Waals surface area contributed by atoms with Crippen molar-refractivity contribution in [3.8, 4) is 0 Å². The molecule has 0 aliphatic heterocycles. The minimum absolute atomic E-state index is 1.04. The van der Waals surface area contributed by atoms with Gasteiger partial charge in [0.1, 0.15) is 0 Å². The van der Waals surface area contributed by atoms with Crippen molar-refractivity contribution >= 4 is 8.56 Å². The van der Waals surface area contributed by atoms with Crippen LogP contribution in [0.1, 0.15) is 13.3 Å². The average molecular weight is 160 g/mol. The van der Waals surface area contributed by atoms with Gasteiger partial charge in [-0.2, -0.15) is 0 Å². The molecule has 0 N–H and O–H groups in total. The van der Waals surface area contributed by atoms with E-state index in [0.29, 0.717) is 0 Å². The van der Waals surface area contributed by atoms with Crippen LogP contribution in [0.4, 0.5) is 0 Å². The summed E-state index contributed by atoms with van der Waals surface area (Å²) < 4.78 is 10.4. The fourth-order valence-electron chi connectivity index (χ4n) is 0.551. The van der Waals surface area contributed by atoms with Crippen LogP contribution in [0.3, 0.4) is 0 Å². The molecule has 0 saturated carbocycles. The van der Waals surface area contributed by atoms with Crippen molar-refractivity contribution in [3.05, 3.63) is 11.8 Å². The first-order valence-electron chi connectivity index (χ1n) is 3.46. The number of hydrogen-bond acceptors (Lipinski definition) is 2. The molecule has 2 nitrogen and oxygen atoms in total. The SMILES string of the molecule is CC/C=C/[Si](C)(OC)OC. The Balaban J connectivity index is 3.92. The standard InChI is InChI=1S/C7H16O2Si/c1-5-6-7-10(4,8-2)9-3/h6-7H,5H2,1-4H3/b7-6+. The zero-order valence-electron chi connectivity index (χ0n) is 7.18. The van der Waals surface area contributed by atoms with E-state index in [1.807, 2.05) is 12.2 Å². The first-order valence-corrected chi connectivity index (χ1v) is 5.86. The lowest BCUT2D eigenvalue weighted by Gasteiger charge is -2.17. The summed E-state index contributed by atoms with van der Waals surface area (Å²) >= 11 is 0. The van der Waals surface area contributed by atoms with Gasteiger partial charge in [-0.25, -0.2) is 0 Å². The zero-order chi connectivity index (χ0) is 8.04. The van der Waals surface area contributed by atoms with Crippen LogP contribution in [0.2, 0.25) is 6.55 Å². The summed E-state index contributed by atoms with van der Waals surface area (Å²) in [5.74, 6) is 0. The molecule has 60 valence electrons. The molecule has 10 heavy (non-hydrogen) atoms. The molecule has 0 bridgehead atoms. The number of allylic oxidation sites excluding steroid dienone is 1. The minimum Gasteiger partial charge on any atom is -0.395 e. The Bertz CT molecular complexity index is 108. The predicted octanol–water partition coefficient (Wildman–Crippen LogP) is 1.86. The van der Waals surface area contributed by atoms with E-state index >= 15 is 0 Å². The van der Waals surface area contributed by atoms with Gasteiger partial charge in [-0.1, -0.05) is 13.0 Å². The highest BCUT2D eigenvalue weighted by Gasteiger charge is 2.23. The molecule has 0 aromatic rings. The first kappa shape index (κ1) is 9.88. The molecule has 0 aromatic carbocycles. The third kappa shape index (κ3) is 3.15. The molecular weight excluding hydrogens is 144 g/mol. The van der Waals surface area contributed by atoms with Crippen LogP contribution in [-0.4, -0.2) is 22.8 Å². The Morgan fingerprint density at radius 1 is 1.30 bits per heavy atom. The summed E-state index contributed by atoms with van der Waals surface area (Å²) in [6, 6.07) is 0. The second-order valence-electron chi connectivity index (χ2n) is 2.23. The number of hydrogen-bond donors (Lipinski definition) is 0. The van der Waals surface area contributed by atoms with E-state index in [4.69, 9.17) is 8.85 Å². The second kappa shape index (κ2) is 4.66. The molecule has 0 spiro atoms. The molecule has 3 heteroatoms. The Kier molecular flexibility index (Phi) is 4.60. The van der Waals surface area contributed by atoms with Crippen LogP contribution in [0, 0.1) is 0 Å². The highest BCUT2D eigenvalue weighted by atomic mass is 28.4. The van der Waals surface area contributed by atoms with Gasteiger partial charge in [0.2, 0.25) is 0 Å². The maximum Gasteiger partial charge on any atom is 0.360 e. The van der Waals surface area contributed by atoms with Gasteiger partial charge in [-0.3, -0.25) is 0 Å². The highest BCUT2D eigenvalue weighted by Crippen LogP contribution is 2.05. The van der Waals surface area contributed by atoms with Crippen molar-refractivity contribution in [2.75, 3.05) is 14.2 Å². The lowest BCUT2D eigenvalue weighted by molar-refractivity contribution is 0.264. The number of rotatable bonds is 4. The van der Waals surface area contributed by atoms with Crippen molar-refractivity contribution in [1.82, 2.24) is 0 Å². The maximum atomic E-state index is 5.22. The smallest absolute Gasteiger partial charge is 0.360 e. The molecule has 0 atom stereocenters. The molecule has 0 unspecified atom stereocenters. The van der Waals surface area contributed by atoms with E-state index in [-0.39, 0.29) is 0 Å². The van der Waals surface area contributed by atoms with Crippen LogP contribution in [0.15, 0.2) is 11.8 Å². The second-order valence-corrected chi connectivity index (χ2v) is 5.42. The topological polar surface area (TPSA) is 18.5 Å². The van der Waals surface area contributed by atoms with E-state index < -0.39 is 8.56 Å². The van der Waals surface area contributed by atoms with Gasteiger partial charge < -0.3 is 8.85 Å². The fourth-order valence-corrected chi connectivity index (χ4v) is 1.65. The van der Waals surface area contributed by atoms with E-state index in [1.54, 1.807) is 14.2 Å². The molecular formula is C7H16O2Si. The van der Waals surface area contributed by atoms with Gasteiger partial charge in [0.25, 0.3) is 0 Å². The van der Waals surface area contributed by atoms with E-state index in [9.17, 15) is 0 Å². The van der Waals surface area contributed by atoms with Gasteiger partial charge in [0, 0.05) is 14.2 Å². The summed E-state index contributed by atoms with van der Waals surface area (Å²) in [6.07, 6.45) is 3.12. The van der Waals surface area contributed by atoms with Crippen molar-refractivity contribution < 1.29 is 8.85 Å². The fraction of sp³-hybridized carbons (Fsp3) is 0.714. The predicted molar refractivity (Wildman–Crippen MR) is 45.1 cm³/mol. The van der Waals surface area contributed by atoms with Gasteiger partial charge >= 0.3 is 8.56 Å². The maximum absolute atomic E-state index is 5.22. The Morgan fingerprint density at radius 2 is 1.80 bits per heavy atom. The van der Waals surface area contributed by atoms with E-state index in [2.05, 4.69) is 13.0 Å². The highest BCUT2D eigenvalue weighted by molar-refractivity contribution is 6.71. The molecule has 0 aliphatic carbocycles. The quantitative estimate of drug-likeness (QED) is 0.584. The van der Waals surface area contributed by atoms with Crippen LogP contribution < -0.4 is 0 Å². The molecule has 0 saturated heterocycles. The molecule has 0 radical (unpaired) electrons. The first-order chi connectivity index (χ1) is 4.68. The Hall–Kier alpha value is -0.123. The lowest BCUT2D eigenvalue weighted by atomic mass is 10.5. The van der Waals surface area contributed by atoms with Crippen LogP contribution in [0.5, 0.6) is 0 Å². The van der Waals surface area contributed by atoms with Crippen molar-refractivity contribution in [3.63, 3.8) is 0 Å². The van der Waals surface area contributed by atoms with Crippen molar-refractivity contribution in [2.24, 2.45) is 0 Å². The molecule has 0 aliphatic rings. The third-order valence-electron chi connectivity index (χ3n) is 1.47. The van der Waals surface area contributed by atoms with Crippen molar-refractivity contribution in [2.45, 2.75) is 19.9 Å². The Morgan fingerprint density at radius 3 is 2.10 bits per heavy atom. The average Bonchev–Trinajstić information content (AvgIpc) is 2.00. The normalized spacial score (nSPS) is 12.8. The van der Waals surface area contributed by atoms with Crippen LogP contribution in [-0.2, 0) is 8.85 Å². The van der Waals surface area contributed by atoms with Crippen molar-refractivity contribution in [1.29, 1.82) is 0 Å². The summed E-state index contributed by atoms with van der Waals surface area (Å²) in [4.78, 5) is 0. The third-order valence-corrected chi connectivity index (χ3v) is 3.93. The molecule has 0 aromatic heterocycles. The lowest BCUT2D eigenvalue weighted by Crippen LogP contribution is -2.33. The van der Waals surface area contributed by atoms with Crippen LogP contribution in [0.25, 0.3) is 0 Å².